The van der Waals surface area contributed by atoms with Crippen molar-refractivity contribution in [2.45, 2.75) is 45.4 Å². The summed E-state index contributed by atoms with van der Waals surface area (Å²) < 4.78 is 1.71. The third-order valence-corrected chi connectivity index (χ3v) is 4.25. The first-order valence-corrected chi connectivity index (χ1v) is 6.76. The molecule has 1 aliphatic carbocycles. The molecule has 0 heterocycles. The number of hydrogen-bond acceptors (Lipinski definition) is 0. The molecule has 0 N–H and O–H groups in total. The van der Waals surface area contributed by atoms with Gasteiger partial charge in [0.05, 0.1) is 0 Å². The van der Waals surface area contributed by atoms with Crippen LogP contribution >= 0.6 is 0 Å². The number of allylic oxidation sites excluding steroid dienone is 4. The van der Waals surface area contributed by atoms with Gasteiger partial charge in [-0.1, -0.05) is 0 Å². The quantitative estimate of drug-likeness (QED) is 0.458. The molecule has 0 aliphatic heterocycles. The molecule has 0 aromatic carbocycles. The zero-order valence-electron chi connectivity index (χ0n) is 8.40. The Bertz CT molecular complexity index is 189. The molecule has 1 heteroatoms. The molecule has 12 heavy (non-hydrogen) atoms. The molecule has 0 unspecified atom stereocenters. The van der Waals surface area contributed by atoms with Gasteiger partial charge in [-0.3, -0.25) is 0 Å². The van der Waals surface area contributed by atoms with Gasteiger partial charge in [-0.05, 0) is 0 Å². The first-order chi connectivity index (χ1) is 5.84. The third kappa shape index (κ3) is 3.88. The maximum absolute atomic E-state index is 2.34. The van der Waals surface area contributed by atoms with Crippen molar-refractivity contribution in [1.29, 1.82) is 0 Å². The van der Waals surface area contributed by atoms with E-state index in [1.165, 1.54) is 38.5 Å². The molecule has 0 fully saturated rings. The number of rotatable bonds is 5. The van der Waals surface area contributed by atoms with Crippen molar-refractivity contribution >= 4 is 49.0 Å². The molecule has 1 aliphatic rings. The van der Waals surface area contributed by atoms with Crippen LogP contribution in [0.15, 0.2) is 17.4 Å². The average molecular weight is 188 g/mol. The van der Waals surface area contributed by atoms with E-state index in [1.807, 2.05) is 0 Å². The molecule has 0 bridgehead atoms. The molecular formula is C11H17K. The van der Waals surface area contributed by atoms with Gasteiger partial charge in [-0.2, -0.15) is 0 Å². The van der Waals surface area contributed by atoms with Crippen molar-refractivity contribution < 1.29 is 0 Å². The minimum absolute atomic E-state index is 0.903. The minimum atomic E-state index is 0.903. The molecule has 0 saturated carbocycles. The van der Waals surface area contributed by atoms with Crippen molar-refractivity contribution in [3.63, 3.8) is 0 Å². The van der Waals surface area contributed by atoms with Gasteiger partial charge in [0.25, 0.3) is 0 Å². The molecule has 0 saturated heterocycles. The van der Waals surface area contributed by atoms with Gasteiger partial charge in [0.2, 0.25) is 0 Å². The Kier molecular flexibility index (Phi) is 6.11. The normalized spacial score (nSPS) is 16.2. The Morgan fingerprint density at radius 2 is 2.17 bits per heavy atom. The van der Waals surface area contributed by atoms with Crippen LogP contribution in [0.2, 0.25) is 0 Å². The van der Waals surface area contributed by atoms with Gasteiger partial charge in [-0.25, -0.2) is 0 Å². The summed E-state index contributed by atoms with van der Waals surface area (Å²) in [6, 6.07) is 0. The van der Waals surface area contributed by atoms with E-state index in [2.05, 4.69) is 19.1 Å². The fraction of sp³-hybridized carbons (Fsp3) is 0.636. The second kappa shape index (κ2) is 6.55. The first-order valence-electron chi connectivity index (χ1n) is 5.19. The van der Waals surface area contributed by atoms with Crippen molar-refractivity contribution in [1.82, 2.24) is 0 Å². The first kappa shape index (κ1) is 11.2. The topological polar surface area (TPSA) is 0 Å². The summed E-state index contributed by atoms with van der Waals surface area (Å²) in [5, 5.41) is 0. The van der Waals surface area contributed by atoms with Crippen molar-refractivity contribution in [3.05, 3.63) is 17.4 Å². The monoisotopic (exact) mass is 188 g/mol. The van der Waals surface area contributed by atoms with Crippen LogP contribution in [0.4, 0.5) is 0 Å². The van der Waals surface area contributed by atoms with Crippen molar-refractivity contribution in [2.75, 3.05) is 0 Å². The van der Waals surface area contributed by atoms with Gasteiger partial charge >= 0.3 is 112 Å². The van der Waals surface area contributed by atoms with E-state index in [0.717, 1.165) is 49.0 Å². The van der Waals surface area contributed by atoms with Crippen LogP contribution in [0.5, 0.6) is 0 Å². The Labute approximate surface area is 110 Å². The molecular weight excluding hydrogens is 171 g/mol. The van der Waals surface area contributed by atoms with Gasteiger partial charge in [-0.15, -0.1) is 0 Å². The molecule has 0 atom stereocenters. The second-order valence-corrected chi connectivity index (χ2v) is 5.39. The fourth-order valence-electron chi connectivity index (χ4n) is 1.72. The Morgan fingerprint density at radius 1 is 1.33 bits per heavy atom. The summed E-state index contributed by atoms with van der Waals surface area (Å²) in [6.07, 6.45) is 12.9. The van der Waals surface area contributed by atoms with E-state index in [4.69, 9.17) is 0 Å². The molecule has 0 aromatic rings. The van der Waals surface area contributed by atoms with Crippen LogP contribution in [-0.2, 0) is 0 Å². The van der Waals surface area contributed by atoms with E-state index < -0.39 is 0 Å². The fourth-order valence-corrected chi connectivity index (χ4v) is 2.80. The predicted octanol–water partition coefficient (Wildman–Crippen LogP) is 3.34. The van der Waals surface area contributed by atoms with E-state index in [1.54, 1.807) is 5.24 Å². The van der Waals surface area contributed by atoms with E-state index >= 15 is 0 Å². The molecule has 0 nitrogen and oxygen atoms in total. The zero-order chi connectivity index (χ0) is 8.81. The summed E-state index contributed by atoms with van der Waals surface area (Å²) in [4.78, 5) is 0. The van der Waals surface area contributed by atoms with Crippen LogP contribution in [0.1, 0.15) is 45.4 Å². The Morgan fingerprint density at radius 3 is 2.75 bits per heavy atom. The number of unbranched alkanes of at least 4 members (excludes halogenated alkanes) is 3. The third-order valence-electron chi connectivity index (χ3n) is 2.62. The van der Waals surface area contributed by atoms with Gasteiger partial charge in [0.15, 0.2) is 0 Å². The van der Waals surface area contributed by atoms with Crippen LogP contribution < -0.4 is 0 Å². The van der Waals surface area contributed by atoms with Crippen molar-refractivity contribution in [3.8, 4) is 0 Å². The Hall–Kier alpha value is 1.12. The summed E-state index contributed by atoms with van der Waals surface area (Å²) in [5.41, 5.74) is 1.76. The maximum atomic E-state index is 2.34. The van der Waals surface area contributed by atoms with Crippen LogP contribution in [0, 0.1) is 0 Å². The van der Waals surface area contributed by atoms with E-state index in [0.29, 0.717) is 0 Å². The zero-order valence-corrected chi connectivity index (χ0v) is 11.5. The summed E-state index contributed by atoms with van der Waals surface area (Å²) in [7, 11) is 0. The number of hydrogen-bond donors (Lipinski definition) is 0. The molecule has 0 amide bonds. The van der Waals surface area contributed by atoms with Crippen LogP contribution in [0.3, 0.4) is 0 Å². The van der Waals surface area contributed by atoms with E-state index in [-0.39, 0.29) is 0 Å². The molecule has 0 spiro atoms. The van der Waals surface area contributed by atoms with Crippen LogP contribution in [0.25, 0.3) is 0 Å². The SMILES string of the molecule is CCCCCCC1=[C]([K])C=CC1. The Balaban J connectivity index is 2.12. The summed E-state index contributed by atoms with van der Waals surface area (Å²) in [5.74, 6) is 0. The average Bonchev–Trinajstić information content (AvgIpc) is 2.46. The van der Waals surface area contributed by atoms with Crippen molar-refractivity contribution in [2.24, 2.45) is 0 Å². The predicted molar refractivity (Wildman–Crippen MR) is 55.3 cm³/mol. The molecule has 0 aromatic heterocycles. The van der Waals surface area contributed by atoms with Gasteiger partial charge in [0.1, 0.15) is 0 Å². The second-order valence-electron chi connectivity index (χ2n) is 3.70. The van der Waals surface area contributed by atoms with Gasteiger partial charge in [0, 0.05) is 0 Å². The summed E-state index contributed by atoms with van der Waals surface area (Å²) in [6.45, 7) is 2.27. The molecule has 62 valence electrons. The standard InChI is InChI=1S/C11H17.K/c1-2-3-4-5-8-11-9-6-7-10-11;/h6-7H,2-5,8-9H2,1H3;. The van der Waals surface area contributed by atoms with E-state index in [9.17, 15) is 0 Å². The van der Waals surface area contributed by atoms with Crippen LogP contribution in [-0.4, -0.2) is 49.0 Å². The molecule has 0 radical (unpaired) electrons. The van der Waals surface area contributed by atoms with Gasteiger partial charge < -0.3 is 0 Å². The summed E-state index contributed by atoms with van der Waals surface area (Å²) >= 11 is 0.903. The molecule has 1 rings (SSSR count).